The molecule has 0 bridgehead atoms. The minimum Gasteiger partial charge on any atom is -0.493 e. The molecule has 13 heteroatoms. The van der Waals surface area contributed by atoms with Crippen LogP contribution in [-0.4, -0.2) is 74.0 Å². The van der Waals surface area contributed by atoms with Crippen LogP contribution in [0.25, 0.3) is 22.4 Å². The van der Waals surface area contributed by atoms with Gasteiger partial charge in [0.25, 0.3) is 11.5 Å². The van der Waals surface area contributed by atoms with Crippen molar-refractivity contribution in [3.05, 3.63) is 52.2 Å². The molecule has 1 aromatic carbocycles. The number of ether oxygens (including phenoxy) is 1. The van der Waals surface area contributed by atoms with E-state index in [0.29, 0.717) is 35.2 Å². The second-order valence-corrected chi connectivity index (χ2v) is 11.0. The van der Waals surface area contributed by atoms with Gasteiger partial charge >= 0.3 is 0 Å². The zero-order valence-electron chi connectivity index (χ0n) is 23.8. The Hall–Kier alpha value is -4.52. The van der Waals surface area contributed by atoms with Gasteiger partial charge in [0.2, 0.25) is 5.95 Å². The number of hydroxylamine groups is 1. The smallest absolute Gasteiger partial charge is 0.277 e. The van der Waals surface area contributed by atoms with E-state index in [-0.39, 0.29) is 16.5 Å². The summed E-state index contributed by atoms with van der Waals surface area (Å²) in [5, 5.41) is 16.0. The standard InChI is InChI=1S/C29H35N9O4/c1-3-5-21-23-24(35-34-21)27(40)33-25(32-23)20-14-19(6-7-22(20)42-4-2)38-13-10-29(17-38)8-11-37(12-9-29)28-30-15-18(16-31-28)26(39)36-41/h6-7,14-16,41H,3-5,8-13,17H2,1-2H3,(H,34,35)(H,36,39)(H,32,33,40). The number of anilines is 2. The summed E-state index contributed by atoms with van der Waals surface area (Å²) in [6, 6.07) is 6.12. The average molecular weight is 574 g/mol. The van der Waals surface area contributed by atoms with Gasteiger partial charge in [0.1, 0.15) is 22.6 Å². The number of carbonyl (C=O) groups excluding carboxylic acids is 1. The molecule has 1 amide bonds. The molecular formula is C29H35N9O4. The fourth-order valence-corrected chi connectivity index (χ4v) is 6.09. The number of hydrogen-bond donors (Lipinski definition) is 4. The Balaban J connectivity index is 1.21. The molecule has 2 aliphatic heterocycles. The van der Waals surface area contributed by atoms with Crippen LogP contribution < -0.4 is 25.6 Å². The molecule has 3 aromatic heterocycles. The van der Waals surface area contributed by atoms with Gasteiger partial charge < -0.3 is 19.5 Å². The molecule has 13 nitrogen and oxygen atoms in total. The molecule has 6 rings (SSSR count). The number of piperidine rings is 1. The molecule has 5 heterocycles. The second-order valence-electron chi connectivity index (χ2n) is 11.0. The second kappa shape index (κ2) is 11.4. The number of carbonyl (C=O) groups is 1. The van der Waals surface area contributed by atoms with Gasteiger partial charge in [0.15, 0.2) is 0 Å². The van der Waals surface area contributed by atoms with E-state index in [9.17, 15) is 9.59 Å². The number of rotatable bonds is 8. The number of amides is 1. The van der Waals surface area contributed by atoms with Gasteiger partial charge in [-0.15, -0.1) is 0 Å². The topological polar surface area (TPSA) is 165 Å². The van der Waals surface area contributed by atoms with E-state index >= 15 is 0 Å². The highest BCUT2D eigenvalue weighted by Gasteiger charge is 2.41. The molecule has 0 radical (unpaired) electrons. The zero-order chi connectivity index (χ0) is 29.3. The lowest BCUT2D eigenvalue weighted by atomic mass is 9.78. The van der Waals surface area contributed by atoms with Gasteiger partial charge in [0.05, 0.1) is 23.4 Å². The van der Waals surface area contributed by atoms with E-state index in [1.54, 1.807) is 5.48 Å². The van der Waals surface area contributed by atoms with Crippen molar-refractivity contribution < 1.29 is 14.7 Å². The maximum absolute atomic E-state index is 12.9. The minimum atomic E-state index is -0.631. The number of aryl methyl sites for hydroxylation is 1. The molecule has 2 aliphatic rings. The first-order valence-electron chi connectivity index (χ1n) is 14.4. The summed E-state index contributed by atoms with van der Waals surface area (Å²) in [6.07, 6.45) is 7.58. The summed E-state index contributed by atoms with van der Waals surface area (Å²) in [5.41, 5.74) is 5.35. The average Bonchev–Trinajstić information content (AvgIpc) is 3.62. The van der Waals surface area contributed by atoms with E-state index in [2.05, 4.69) is 54.0 Å². The summed E-state index contributed by atoms with van der Waals surface area (Å²) in [4.78, 5) is 45.5. The van der Waals surface area contributed by atoms with Crippen molar-refractivity contribution in [2.24, 2.45) is 5.41 Å². The van der Waals surface area contributed by atoms with Gasteiger partial charge in [-0.3, -0.25) is 19.9 Å². The number of benzene rings is 1. The van der Waals surface area contributed by atoms with Crippen LogP contribution in [0.1, 0.15) is 55.6 Å². The van der Waals surface area contributed by atoms with Crippen molar-refractivity contribution in [3.8, 4) is 17.1 Å². The molecule has 1 spiro atoms. The first-order chi connectivity index (χ1) is 20.4. The van der Waals surface area contributed by atoms with Crippen LogP contribution in [0.3, 0.4) is 0 Å². The molecule has 220 valence electrons. The van der Waals surface area contributed by atoms with Crippen LogP contribution in [0.2, 0.25) is 0 Å². The third-order valence-electron chi connectivity index (χ3n) is 8.41. The Bertz CT molecular complexity index is 1640. The molecule has 0 aliphatic carbocycles. The van der Waals surface area contributed by atoms with Gasteiger partial charge in [-0.2, -0.15) is 5.10 Å². The first-order valence-corrected chi connectivity index (χ1v) is 14.4. The highest BCUT2D eigenvalue weighted by atomic mass is 16.5. The monoisotopic (exact) mass is 573 g/mol. The van der Waals surface area contributed by atoms with Gasteiger partial charge in [0, 0.05) is 44.3 Å². The van der Waals surface area contributed by atoms with Crippen LogP contribution in [0.4, 0.5) is 11.6 Å². The van der Waals surface area contributed by atoms with Crippen LogP contribution in [0.15, 0.2) is 35.4 Å². The lowest BCUT2D eigenvalue weighted by Gasteiger charge is -2.39. The van der Waals surface area contributed by atoms with Gasteiger partial charge in [-0.1, -0.05) is 13.3 Å². The number of nitrogens with one attached hydrogen (secondary N) is 3. The number of aromatic nitrogens is 6. The molecule has 2 fully saturated rings. The zero-order valence-corrected chi connectivity index (χ0v) is 23.8. The van der Waals surface area contributed by atoms with E-state index < -0.39 is 5.91 Å². The highest BCUT2D eigenvalue weighted by molar-refractivity contribution is 5.92. The lowest BCUT2D eigenvalue weighted by molar-refractivity contribution is 0.0705. The van der Waals surface area contributed by atoms with E-state index in [0.717, 1.165) is 75.2 Å². The molecule has 2 saturated heterocycles. The molecule has 0 unspecified atom stereocenters. The number of hydrogen-bond acceptors (Lipinski definition) is 10. The van der Waals surface area contributed by atoms with Crippen molar-refractivity contribution in [3.63, 3.8) is 0 Å². The maximum Gasteiger partial charge on any atom is 0.277 e. The molecule has 4 N–H and O–H groups in total. The quantitative estimate of drug-likeness (QED) is 0.182. The van der Waals surface area contributed by atoms with E-state index in [1.165, 1.54) is 12.4 Å². The van der Waals surface area contributed by atoms with Gasteiger partial charge in [-0.25, -0.2) is 20.4 Å². The Kier molecular flexibility index (Phi) is 7.50. The van der Waals surface area contributed by atoms with Crippen molar-refractivity contribution in [1.29, 1.82) is 0 Å². The predicted molar refractivity (Wildman–Crippen MR) is 157 cm³/mol. The number of fused-ring (bicyclic) bond motifs is 1. The number of aromatic amines is 2. The Morgan fingerprint density at radius 2 is 1.86 bits per heavy atom. The molecule has 4 aromatic rings. The Morgan fingerprint density at radius 1 is 1.12 bits per heavy atom. The molecule has 0 saturated carbocycles. The number of nitrogens with zero attached hydrogens (tertiary/aromatic N) is 6. The summed E-state index contributed by atoms with van der Waals surface area (Å²) in [5.74, 6) is 1.10. The van der Waals surface area contributed by atoms with Crippen LogP contribution >= 0.6 is 0 Å². The Labute approximate surface area is 242 Å². The van der Waals surface area contributed by atoms with Crippen molar-refractivity contribution in [1.82, 2.24) is 35.6 Å². The van der Waals surface area contributed by atoms with E-state index in [4.69, 9.17) is 14.9 Å². The molecule has 0 atom stereocenters. The summed E-state index contributed by atoms with van der Waals surface area (Å²) >= 11 is 0. The fourth-order valence-electron chi connectivity index (χ4n) is 6.09. The van der Waals surface area contributed by atoms with Crippen molar-refractivity contribution in [2.45, 2.75) is 46.0 Å². The van der Waals surface area contributed by atoms with E-state index in [1.807, 2.05) is 13.0 Å². The molecular weight excluding hydrogens is 538 g/mol. The number of H-pyrrole nitrogens is 2. The van der Waals surface area contributed by atoms with Crippen molar-refractivity contribution in [2.75, 3.05) is 42.6 Å². The molecule has 42 heavy (non-hydrogen) atoms. The normalized spacial score (nSPS) is 16.4. The lowest BCUT2D eigenvalue weighted by Crippen LogP contribution is -2.42. The summed E-state index contributed by atoms with van der Waals surface area (Å²) in [7, 11) is 0. The third kappa shape index (κ3) is 5.15. The highest BCUT2D eigenvalue weighted by Crippen LogP contribution is 2.43. The largest absolute Gasteiger partial charge is 0.493 e. The first kappa shape index (κ1) is 27.6. The summed E-state index contributed by atoms with van der Waals surface area (Å²) in [6.45, 7) is 8.01. The summed E-state index contributed by atoms with van der Waals surface area (Å²) < 4.78 is 5.95. The van der Waals surface area contributed by atoms with Gasteiger partial charge in [-0.05, 0) is 56.2 Å². The predicted octanol–water partition coefficient (Wildman–Crippen LogP) is 3.07. The third-order valence-corrected chi connectivity index (χ3v) is 8.41. The SMILES string of the molecule is CCCc1n[nH]c2c(=O)[nH]c(-c3cc(N4CCC5(CCN(c6ncc(C(=O)NO)cn6)CC5)C4)ccc3OCC)nc12. The fraction of sp³-hybridized carbons (Fsp3) is 0.448. The Morgan fingerprint density at radius 3 is 2.55 bits per heavy atom. The van der Waals surface area contributed by atoms with Crippen LogP contribution in [0, 0.1) is 5.41 Å². The van der Waals surface area contributed by atoms with Crippen molar-refractivity contribution >= 4 is 28.6 Å². The van der Waals surface area contributed by atoms with Crippen LogP contribution in [-0.2, 0) is 6.42 Å². The minimum absolute atomic E-state index is 0.184. The van der Waals surface area contributed by atoms with Crippen LogP contribution in [0.5, 0.6) is 5.75 Å². The maximum atomic E-state index is 12.9.